The molecule has 1 fully saturated rings. The number of nitrogens with zero attached hydrogens (tertiary/aromatic N) is 5. The van der Waals surface area contributed by atoms with Crippen molar-refractivity contribution in [3.8, 4) is 11.5 Å². The van der Waals surface area contributed by atoms with Crippen molar-refractivity contribution >= 4 is 40.6 Å². The molecule has 0 spiro atoms. The average Bonchev–Trinajstić information content (AvgIpc) is 3.17. The number of likely N-dealkylation sites (N-methyl/N-ethyl adjacent to an activating group) is 1. The molecule has 6 rings (SSSR count). The summed E-state index contributed by atoms with van der Waals surface area (Å²) in [5.41, 5.74) is 1.96. The Morgan fingerprint density at radius 3 is 2.33 bits per heavy atom. The van der Waals surface area contributed by atoms with Crippen molar-refractivity contribution in [3.05, 3.63) is 125 Å². The van der Waals surface area contributed by atoms with E-state index in [4.69, 9.17) is 9.47 Å². The maximum Gasteiger partial charge on any atom is 0.416 e. The van der Waals surface area contributed by atoms with E-state index in [2.05, 4.69) is 25.5 Å². The number of carbonyl (C=O) groups is 2. The number of para-hydroxylation sites is 1. The van der Waals surface area contributed by atoms with Crippen LogP contribution in [0.4, 0.5) is 42.0 Å². The summed E-state index contributed by atoms with van der Waals surface area (Å²) in [7, 11) is 4.99. The van der Waals surface area contributed by atoms with Gasteiger partial charge in [0.05, 0.1) is 31.9 Å². The van der Waals surface area contributed by atoms with Gasteiger partial charge in [0.1, 0.15) is 17.3 Å². The highest BCUT2D eigenvalue weighted by Gasteiger charge is 2.35. The molecule has 5 aromatic rings. The van der Waals surface area contributed by atoms with E-state index in [1.807, 2.05) is 49.2 Å². The SMILES string of the molecule is COc1ccc(N(C(=O)Cc2cc(NC(=O)c3ccc(CN4CCN(C)CC4)c(C(F)(F)F)c3)ccc2C)c2ccnc(Nc3ccccc3)n2)c(OC)c1. The molecule has 286 valence electrons. The summed E-state index contributed by atoms with van der Waals surface area (Å²) >= 11 is 0. The predicted molar refractivity (Wildman–Crippen MR) is 206 cm³/mol. The third-order valence-corrected chi connectivity index (χ3v) is 9.39. The Morgan fingerprint density at radius 2 is 1.62 bits per heavy atom. The maximum atomic E-state index is 14.4. The van der Waals surface area contributed by atoms with Crippen LogP contribution in [0.1, 0.15) is 32.6 Å². The van der Waals surface area contributed by atoms with Gasteiger partial charge in [-0.15, -0.1) is 0 Å². The third kappa shape index (κ3) is 9.58. The van der Waals surface area contributed by atoms with Gasteiger partial charge in [-0.2, -0.15) is 18.2 Å². The number of methoxy groups -OCH3 is 2. The number of anilines is 5. The lowest BCUT2D eigenvalue weighted by molar-refractivity contribution is -0.138. The smallest absolute Gasteiger partial charge is 0.416 e. The van der Waals surface area contributed by atoms with Crippen LogP contribution in [0.2, 0.25) is 0 Å². The lowest BCUT2D eigenvalue weighted by Crippen LogP contribution is -2.44. The fourth-order valence-electron chi connectivity index (χ4n) is 6.29. The molecule has 0 radical (unpaired) electrons. The molecule has 2 heterocycles. The van der Waals surface area contributed by atoms with E-state index in [0.29, 0.717) is 41.5 Å². The van der Waals surface area contributed by atoms with Gasteiger partial charge in [-0.25, -0.2) is 4.98 Å². The van der Waals surface area contributed by atoms with Crippen molar-refractivity contribution in [2.45, 2.75) is 26.1 Å². The van der Waals surface area contributed by atoms with Crippen molar-refractivity contribution in [1.29, 1.82) is 0 Å². The first-order valence-electron chi connectivity index (χ1n) is 17.6. The summed E-state index contributed by atoms with van der Waals surface area (Å²) in [6.45, 7) is 4.82. The van der Waals surface area contributed by atoms with Gasteiger partial charge in [-0.1, -0.05) is 30.3 Å². The zero-order valence-corrected chi connectivity index (χ0v) is 31.0. The van der Waals surface area contributed by atoms with E-state index in [9.17, 15) is 22.8 Å². The van der Waals surface area contributed by atoms with E-state index in [0.717, 1.165) is 30.4 Å². The van der Waals surface area contributed by atoms with Gasteiger partial charge in [-0.3, -0.25) is 19.4 Å². The number of rotatable bonds is 12. The topological polar surface area (TPSA) is 112 Å². The van der Waals surface area contributed by atoms with Crippen molar-refractivity contribution in [2.24, 2.45) is 0 Å². The molecule has 2 N–H and O–H groups in total. The normalized spacial score (nSPS) is 13.6. The fraction of sp³-hybridized carbons (Fsp3) is 0.268. The van der Waals surface area contributed by atoms with E-state index >= 15 is 0 Å². The Balaban J connectivity index is 1.26. The Hall–Kier alpha value is -5.99. The summed E-state index contributed by atoms with van der Waals surface area (Å²) in [4.78, 5) is 42.3. The van der Waals surface area contributed by atoms with Crippen LogP contribution < -0.4 is 25.0 Å². The first-order valence-corrected chi connectivity index (χ1v) is 17.6. The number of amides is 2. The molecule has 1 saturated heterocycles. The highest BCUT2D eigenvalue weighted by atomic mass is 19.4. The Labute approximate surface area is 317 Å². The minimum Gasteiger partial charge on any atom is -0.497 e. The third-order valence-electron chi connectivity index (χ3n) is 9.39. The Kier molecular flexibility index (Phi) is 12.0. The van der Waals surface area contributed by atoms with Crippen LogP contribution >= 0.6 is 0 Å². The minimum absolute atomic E-state index is 0.120. The molecule has 55 heavy (non-hydrogen) atoms. The second-order valence-electron chi connectivity index (χ2n) is 13.2. The Bertz CT molecular complexity index is 2140. The van der Waals surface area contributed by atoms with Gasteiger partial charge in [0.2, 0.25) is 11.9 Å². The van der Waals surface area contributed by atoms with Gasteiger partial charge in [0.15, 0.2) is 0 Å². The van der Waals surface area contributed by atoms with Gasteiger partial charge >= 0.3 is 6.18 Å². The number of ether oxygens (including phenoxy) is 2. The molecule has 0 atom stereocenters. The largest absolute Gasteiger partial charge is 0.497 e. The first kappa shape index (κ1) is 38.7. The van der Waals surface area contributed by atoms with Gasteiger partial charge in [0.25, 0.3) is 5.91 Å². The second kappa shape index (κ2) is 17.0. The minimum atomic E-state index is -4.64. The number of hydrogen-bond donors (Lipinski definition) is 2. The van der Waals surface area contributed by atoms with E-state index < -0.39 is 17.6 Å². The number of alkyl halides is 3. The molecule has 1 aliphatic rings. The molecule has 0 aliphatic carbocycles. The molecule has 11 nitrogen and oxygen atoms in total. The molecular formula is C41H42F3N7O4. The predicted octanol–water partition coefficient (Wildman–Crippen LogP) is 7.47. The van der Waals surface area contributed by atoms with Crippen LogP contribution in [-0.4, -0.2) is 79.0 Å². The number of aryl methyl sites for hydroxylation is 1. The number of piperazine rings is 1. The molecule has 1 aromatic heterocycles. The maximum absolute atomic E-state index is 14.4. The fourth-order valence-corrected chi connectivity index (χ4v) is 6.29. The zero-order valence-electron chi connectivity index (χ0n) is 31.0. The van der Waals surface area contributed by atoms with Gasteiger partial charge in [-0.05, 0) is 79.2 Å². The van der Waals surface area contributed by atoms with Crippen LogP contribution in [0.3, 0.4) is 0 Å². The quantitative estimate of drug-likeness (QED) is 0.134. The lowest BCUT2D eigenvalue weighted by atomic mass is 10.0. The van der Waals surface area contributed by atoms with E-state index in [1.165, 1.54) is 37.4 Å². The molecular weight excluding hydrogens is 711 g/mol. The van der Waals surface area contributed by atoms with E-state index in [-0.39, 0.29) is 41.8 Å². The number of hydrogen-bond acceptors (Lipinski definition) is 9. The summed E-state index contributed by atoms with van der Waals surface area (Å²) in [6, 6.07) is 24.7. The molecule has 4 aromatic carbocycles. The van der Waals surface area contributed by atoms with Gasteiger partial charge in [0, 0.05) is 68.0 Å². The molecule has 14 heteroatoms. The van der Waals surface area contributed by atoms with Crippen molar-refractivity contribution in [1.82, 2.24) is 19.8 Å². The summed E-state index contributed by atoms with van der Waals surface area (Å²) in [5.74, 6) is 0.311. The van der Waals surface area contributed by atoms with E-state index in [1.54, 1.807) is 42.5 Å². The molecule has 1 aliphatic heterocycles. The highest BCUT2D eigenvalue weighted by Crippen LogP contribution is 2.37. The standard InChI is InChI=1S/C41H42F3N7O4/c1-27-10-13-32(46-39(53)28-11-12-29(34(23-28)41(42,43)44)26-50-20-18-49(2)19-21-50)22-30(27)24-38(52)51(35-15-14-33(54-3)25-36(35)55-4)37-16-17-45-40(48-37)47-31-8-6-5-7-9-31/h5-17,22-23,25H,18-21,24,26H2,1-4H3,(H,46,53)(H,45,47,48). The summed E-state index contributed by atoms with van der Waals surface area (Å²) in [5, 5.41) is 5.88. The number of benzene rings is 4. The second-order valence-corrected chi connectivity index (χ2v) is 13.2. The monoisotopic (exact) mass is 753 g/mol. The van der Waals surface area contributed by atoms with Crippen molar-refractivity contribution < 1.29 is 32.2 Å². The van der Waals surface area contributed by atoms with Crippen LogP contribution in [0.5, 0.6) is 11.5 Å². The highest BCUT2D eigenvalue weighted by molar-refractivity contribution is 6.05. The number of halogens is 3. The van der Waals surface area contributed by atoms with Crippen molar-refractivity contribution in [3.63, 3.8) is 0 Å². The molecule has 0 bridgehead atoms. The molecule has 0 saturated carbocycles. The molecule has 2 amide bonds. The van der Waals surface area contributed by atoms with Crippen LogP contribution in [0.25, 0.3) is 0 Å². The summed E-state index contributed by atoms with van der Waals surface area (Å²) < 4.78 is 53.8. The molecule has 0 unspecified atom stereocenters. The van der Waals surface area contributed by atoms with Crippen LogP contribution in [0.15, 0.2) is 97.2 Å². The summed E-state index contributed by atoms with van der Waals surface area (Å²) in [6.07, 6.45) is -3.24. The van der Waals surface area contributed by atoms with Crippen LogP contribution in [0, 0.1) is 6.92 Å². The number of nitrogens with one attached hydrogen (secondary N) is 2. The van der Waals surface area contributed by atoms with Gasteiger partial charge < -0.3 is 25.0 Å². The lowest BCUT2D eigenvalue weighted by Gasteiger charge is -2.33. The number of aromatic nitrogens is 2. The van der Waals surface area contributed by atoms with Crippen LogP contribution in [-0.2, 0) is 23.9 Å². The number of carbonyl (C=O) groups excluding carboxylic acids is 2. The average molecular weight is 754 g/mol. The zero-order chi connectivity index (χ0) is 39.1. The Morgan fingerprint density at radius 1 is 0.855 bits per heavy atom. The van der Waals surface area contributed by atoms with Crippen molar-refractivity contribution in [2.75, 3.05) is 63.0 Å². The first-order chi connectivity index (χ1) is 26.4.